The van der Waals surface area contributed by atoms with Gasteiger partial charge in [0, 0.05) is 11.8 Å². The first-order chi connectivity index (χ1) is 11.7. The molecule has 3 aromatic rings. The van der Waals surface area contributed by atoms with Crippen molar-refractivity contribution in [3.05, 3.63) is 90.0 Å². The van der Waals surface area contributed by atoms with E-state index in [4.69, 9.17) is 0 Å². The molecule has 118 valence electrons. The van der Waals surface area contributed by atoms with Gasteiger partial charge in [-0.25, -0.2) is 0 Å². The second kappa shape index (κ2) is 6.09. The lowest BCUT2D eigenvalue weighted by atomic mass is 9.85. The summed E-state index contributed by atoms with van der Waals surface area (Å²) >= 11 is 0. The third-order valence-corrected chi connectivity index (χ3v) is 5.07. The zero-order chi connectivity index (χ0) is 16.5. The third-order valence-electron chi connectivity index (χ3n) is 5.07. The van der Waals surface area contributed by atoms with Crippen LogP contribution in [0, 0.1) is 5.92 Å². The maximum absolute atomic E-state index is 12.2. The number of fused-ring (bicyclic) bond motifs is 1. The molecular formula is C23H20O. The number of hydrogen-bond acceptors (Lipinski definition) is 1. The Bertz CT molecular complexity index is 921. The lowest BCUT2D eigenvalue weighted by Gasteiger charge is -2.18. The standard InChI is InChI=1S/C23H20O/c1-16(24)22-14-21(17-7-3-2-4-8-17)15-23(22)20-12-11-18-9-5-6-10-19(18)13-20/h2-14,22-23H,15H2,1H3/t22?,23-/m0/s1. The lowest BCUT2D eigenvalue weighted by Crippen LogP contribution is -2.14. The molecule has 4 rings (SSSR count). The second-order valence-corrected chi connectivity index (χ2v) is 6.61. The van der Waals surface area contributed by atoms with Gasteiger partial charge in [-0.05, 0) is 40.8 Å². The quantitative estimate of drug-likeness (QED) is 0.614. The minimum atomic E-state index is -0.0265. The first-order valence-corrected chi connectivity index (χ1v) is 8.47. The van der Waals surface area contributed by atoms with Crippen molar-refractivity contribution in [3.8, 4) is 0 Å². The van der Waals surface area contributed by atoms with Crippen LogP contribution >= 0.6 is 0 Å². The van der Waals surface area contributed by atoms with Crippen LogP contribution in [0.3, 0.4) is 0 Å². The van der Waals surface area contributed by atoms with Crippen molar-refractivity contribution in [2.75, 3.05) is 0 Å². The molecule has 2 atom stereocenters. The molecule has 0 heterocycles. The van der Waals surface area contributed by atoms with Crippen LogP contribution in [0.2, 0.25) is 0 Å². The summed E-state index contributed by atoms with van der Waals surface area (Å²) in [6, 6.07) is 25.4. The number of Topliss-reactive ketones (excluding diaryl/α,β-unsaturated/α-hetero) is 1. The van der Waals surface area contributed by atoms with Crippen molar-refractivity contribution in [3.63, 3.8) is 0 Å². The number of allylic oxidation sites excluding steroid dienone is 2. The van der Waals surface area contributed by atoms with Gasteiger partial charge in [0.15, 0.2) is 0 Å². The number of carbonyl (C=O) groups excluding carboxylic acids is 1. The van der Waals surface area contributed by atoms with E-state index in [9.17, 15) is 4.79 Å². The Morgan fingerprint density at radius 1 is 0.875 bits per heavy atom. The minimum Gasteiger partial charge on any atom is -0.299 e. The SMILES string of the molecule is CC(=O)C1C=C(c2ccccc2)C[C@H]1c1ccc2ccccc2c1. The van der Waals surface area contributed by atoms with Gasteiger partial charge in [0.1, 0.15) is 5.78 Å². The molecule has 0 N–H and O–H groups in total. The average Bonchev–Trinajstić information content (AvgIpc) is 3.08. The van der Waals surface area contributed by atoms with E-state index in [1.807, 2.05) is 6.07 Å². The van der Waals surface area contributed by atoms with Crippen LogP contribution in [-0.4, -0.2) is 5.78 Å². The normalized spacial score (nSPS) is 20.1. The predicted molar refractivity (Wildman–Crippen MR) is 99.9 cm³/mol. The minimum absolute atomic E-state index is 0.0265. The molecule has 0 aromatic heterocycles. The van der Waals surface area contributed by atoms with E-state index in [1.54, 1.807) is 6.92 Å². The van der Waals surface area contributed by atoms with Gasteiger partial charge in [-0.2, -0.15) is 0 Å². The van der Waals surface area contributed by atoms with Gasteiger partial charge in [0.2, 0.25) is 0 Å². The maximum Gasteiger partial charge on any atom is 0.137 e. The Hall–Kier alpha value is -2.67. The largest absolute Gasteiger partial charge is 0.299 e. The molecule has 24 heavy (non-hydrogen) atoms. The fourth-order valence-corrected chi connectivity index (χ4v) is 3.80. The molecule has 0 radical (unpaired) electrons. The molecule has 1 aliphatic rings. The zero-order valence-corrected chi connectivity index (χ0v) is 13.8. The number of hydrogen-bond donors (Lipinski definition) is 0. The Balaban J connectivity index is 1.72. The summed E-state index contributed by atoms with van der Waals surface area (Å²) in [5.41, 5.74) is 3.78. The average molecular weight is 312 g/mol. The molecule has 0 saturated heterocycles. The molecule has 1 nitrogen and oxygen atoms in total. The van der Waals surface area contributed by atoms with Crippen LogP contribution in [0.4, 0.5) is 0 Å². The molecule has 0 saturated carbocycles. The highest BCUT2D eigenvalue weighted by atomic mass is 16.1. The summed E-state index contributed by atoms with van der Waals surface area (Å²) in [4.78, 5) is 12.2. The maximum atomic E-state index is 12.2. The highest BCUT2D eigenvalue weighted by Gasteiger charge is 2.32. The van der Waals surface area contributed by atoms with Crippen molar-refractivity contribution in [1.82, 2.24) is 0 Å². The van der Waals surface area contributed by atoms with E-state index in [-0.39, 0.29) is 17.6 Å². The van der Waals surface area contributed by atoms with E-state index in [0.717, 1.165) is 6.42 Å². The van der Waals surface area contributed by atoms with Gasteiger partial charge < -0.3 is 0 Å². The van der Waals surface area contributed by atoms with Gasteiger partial charge in [-0.3, -0.25) is 4.79 Å². The van der Waals surface area contributed by atoms with Gasteiger partial charge >= 0.3 is 0 Å². The van der Waals surface area contributed by atoms with Crippen LogP contribution in [0.15, 0.2) is 78.9 Å². The topological polar surface area (TPSA) is 17.1 Å². The summed E-state index contributed by atoms with van der Waals surface area (Å²) in [6.07, 6.45) is 3.10. The first kappa shape index (κ1) is 14.9. The molecule has 1 heteroatoms. The third kappa shape index (κ3) is 2.67. The molecule has 1 aliphatic carbocycles. The van der Waals surface area contributed by atoms with Gasteiger partial charge in [-0.15, -0.1) is 0 Å². The highest BCUT2D eigenvalue weighted by molar-refractivity contribution is 5.88. The number of benzene rings is 3. The lowest BCUT2D eigenvalue weighted by molar-refractivity contribution is -0.119. The fourth-order valence-electron chi connectivity index (χ4n) is 3.80. The Kier molecular flexibility index (Phi) is 3.78. The molecule has 0 aliphatic heterocycles. The van der Waals surface area contributed by atoms with E-state index in [1.165, 1.54) is 27.5 Å². The molecule has 0 amide bonds. The van der Waals surface area contributed by atoms with Crippen LogP contribution in [0.25, 0.3) is 16.3 Å². The zero-order valence-electron chi connectivity index (χ0n) is 13.8. The Morgan fingerprint density at radius 3 is 2.33 bits per heavy atom. The molecule has 0 fully saturated rings. The number of ketones is 1. The van der Waals surface area contributed by atoms with Crippen molar-refractivity contribution >= 4 is 22.1 Å². The smallest absolute Gasteiger partial charge is 0.137 e. The predicted octanol–water partition coefficient (Wildman–Crippen LogP) is 5.62. The summed E-state index contributed by atoms with van der Waals surface area (Å²) in [6.45, 7) is 1.71. The van der Waals surface area contributed by atoms with Crippen LogP contribution in [0.5, 0.6) is 0 Å². The van der Waals surface area contributed by atoms with Gasteiger partial charge in [0.25, 0.3) is 0 Å². The van der Waals surface area contributed by atoms with E-state index in [0.29, 0.717) is 0 Å². The van der Waals surface area contributed by atoms with Gasteiger partial charge in [0.05, 0.1) is 0 Å². The van der Waals surface area contributed by atoms with E-state index < -0.39 is 0 Å². The first-order valence-electron chi connectivity index (χ1n) is 8.47. The van der Waals surface area contributed by atoms with E-state index >= 15 is 0 Å². The molecule has 1 unspecified atom stereocenters. The molecule has 0 spiro atoms. The summed E-state index contributed by atoms with van der Waals surface area (Å²) in [7, 11) is 0. The number of rotatable bonds is 3. The second-order valence-electron chi connectivity index (χ2n) is 6.61. The summed E-state index contributed by atoms with van der Waals surface area (Å²) in [5, 5.41) is 2.49. The van der Waals surface area contributed by atoms with Crippen molar-refractivity contribution in [1.29, 1.82) is 0 Å². The van der Waals surface area contributed by atoms with Crippen LogP contribution < -0.4 is 0 Å². The van der Waals surface area contributed by atoms with Crippen molar-refractivity contribution in [2.45, 2.75) is 19.3 Å². The van der Waals surface area contributed by atoms with Crippen LogP contribution in [0.1, 0.15) is 30.4 Å². The van der Waals surface area contributed by atoms with Crippen molar-refractivity contribution < 1.29 is 4.79 Å². The Morgan fingerprint density at radius 2 is 1.58 bits per heavy atom. The Labute approximate surface area is 142 Å². The van der Waals surface area contributed by atoms with E-state index in [2.05, 4.69) is 72.8 Å². The summed E-state index contributed by atoms with van der Waals surface area (Å²) in [5.74, 6) is 0.461. The molecule has 0 bridgehead atoms. The molecule has 3 aromatic carbocycles. The fraction of sp³-hybridized carbons (Fsp3) is 0.174. The highest BCUT2D eigenvalue weighted by Crippen LogP contribution is 2.43. The van der Waals surface area contributed by atoms with Gasteiger partial charge in [-0.1, -0.05) is 78.9 Å². The van der Waals surface area contributed by atoms with Crippen LogP contribution in [-0.2, 0) is 4.79 Å². The summed E-state index contributed by atoms with van der Waals surface area (Å²) < 4.78 is 0. The van der Waals surface area contributed by atoms with Crippen molar-refractivity contribution in [2.24, 2.45) is 5.92 Å². The number of carbonyl (C=O) groups is 1. The molecular weight excluding hydrogens is 292 g/mol. The monoisotopic (exact) mass is 312 g/mol.